The first-order valence-corrected chi connectivity index (χ1v) is 12.2. The maximum Gasteiger partial charge on any atom is 0.357 e. The van der Waals surface area contributed by atoms with Gasteiger partial charge in [-0.15, -0.1) is 5.06 Å². The molecule has 2 saturated heterocycles. The molecule has 180 valence electrons. The second-order valence-electron chi connectivity index (χ2n) is 9.06. The van der Waals surface area contributed by atoms with Crippen molar-refractivity contribution in [2.75, 3.05) is 37.7 Å². The number of aromatic nitrogens is 4. The molecule has 0 saturated carbocycles. The summed E-state index contributed by atoms with van der Waals surface area (Å²) in [6, 6.07) is 12.5. The van der Waals surface area contributed by atoms with Gasteiger partial charge in [-0.2, -0.15) is 0 Å². The number of anilines is 1. The first-order chi connectivity index (χ1) is 17.3. The highest BCUT2D eigenvalue weighted by molar-refractivity contribution is 6.05. The molecule has 4 heterocycles. The Labute approximate surface area is 203 Å². The number of hydrogen-bond acceptors (Lipinski definition) is 8. The summed E-state index contributed by atoms with van der Waals surface area (Å²) in [5.74, 6) is 0.616. The van der Waals surface area contributed by atoms with Gasteiger partial charge in [0.1, 0.15) is 11.8 Å². The summed E-state index contributed by atoms with van der Waals surface area (Å²) >= 11 is 0. The van der Waals surface area contributed by atoms with Crippen LogP contribution in [0.1, 0.15) is 35.2 Å². The number of aryl methyl sites for hydroxylation is 1. The van der Waals surface area contributed by atoms with E-state index in [1.54, 1.807) is 17.7 Å². The zero-order valence-corrected chi connectivity index (χ0v) is 19.5. The van der Waals surface area contributed by atoms with E-state index in [2.05, 4.69) is 37.0 Å². The van der Waals surface area contributed by atoms with E-state index in [0.29, 0.717) is 43.6 Å². The highest BCUT2D eigenvalue weighted by Crippen LogP contribution is 2.31. The lowest BCUT2D eigenvalue weighted by molar-refractivity contribution is -0.150. The van der Waals surface area contributed by atoms with Crippen LogP contribution in [0.5, 0.6) is 0 Å². The number of imidazole rings is 1. The van der Waals surface area contributed by atoms with E-state index < -0.39 is 0 Å². The summed E-state index contributed by atoms with van der Waals surface area (Å²) in [6.45, 7) is 3.31. The van der Waals surface area contributed by atoms with Crippen LogP contribution in [-0.2, 0) is 16.0 Å². The highest BCUT2D eigenvalue weighted by Gasteiger charge is 2.28. The Balaban J connectivity index is 1.21. The van der Waals surface area contributed by atoms with Crippen LogP contribution < -0.4 is 4.90 Å². The predicted molar refractivity (Wildman–Crippen MR) is 132 cm³/mol. The minimum absolute atomic E-state index is 0.316. The molecule has 0 spiro atoms. The molecule has 35 heavy (non-hydrogen) atoms. The number of carbonyl (C=O) groups is 1. The second-order valence-corrected chi connectivity index (χ2v) is 9.06. The van der Waals surface area contributed by atoms with E-state index >= 15 is 0 Å². The van der Waals surface area contributed by atoms with E-state index in [9.17, 15) is 4.79 Å². The SMILES string of the molecule is O=C(ON1CCOCC1)c1ccc(CCC2CCCN2c2ncnc3nc[nH]c23)c2ccccc12. The molecule has 0 aliphatic carbocycles. The van der Waals surface area contributed by atoms with Crippen molar-refractivity contribution >= 4 is 33.7 Å². The van der Waals surface area contributed by atoms with Crippen molar-refractivity contribution < 1.29 is 14.4 Å². The molecule has 0 bridgehead atoms. The standard InChI is InChI=1S/C26H28N6O3/c33-26(35-31-12-14-34-15-13-31)22-10-8-18(20-5-1-2-6-21(20)22)7-9-19-4-3-11-32(19)25-23-24(28-16-27-23)29-17-30-25/h1-2,5-6,8,10,16-17,19H,3-4,7,9,11-15H2,(H,27,28,29,30). The molecule has 2 aliphatic rings. The third-order valence-corrected chi connectivity index (χ3v) is 7.02. The van der Waals surface area contributed by atoms with E-state index in [1.165, 1.54) is 5.56 Å². The van der Waals surface area contributed by atoms with Gasteiger partial charge in [-0.1, -0.05) is 30.3 Å². The van der Waals surface area contributed by atoms with Crippen LogP contribution in [0.2, 0.25) is 0 Å². The first kappa shape index (κ1) is 21.9. The number of H-pyrrole nitrogens is 1. The molecule has 9 heteroatoms. The molecule has 0 amide bonds. The van der Waals surface area contributed by atoms with Gasteiger partial charge in [0.15, 0.2) is 11.5 Å². The third kappa shape index (κ3) is 4.33. The molecule has 2 aliphatic heterocycles. The molecular formula is C26H28N6O3. The lowest BCUT2D eigenvalue weighted by Crippen LogP contribution is -2.37. The fourth-order valence-corrected chi connectivity index (χ4v) is 5.27. The number of nitrogens with one attached hydrogen (secondary N) is 1. The number of carbonyl (C=O) groups excluding carboxylic acids is 1. The summed E-state index contributed by atoms with van der Waals surface area (Å²) in [5, 5.41) is 3.72. The second kappa shape index (κ2) is 9.59. The van der Waals surface area contributed by atoms with Crippen LogP contribution in [0.3, 0.4) is 0 Å². The topological polar surface area (TPSA) is 96.5 Å². The molecule has 1 atom stereocenters. The largest absolute Gasteiger partial charge is 0.379 e. The number of hydroxylamine groups is 2. The van der Waals surface area contributed by atoms with Gasteiger partial charge in [-0.3, -0.25) is 0 Å². The molecule has 1 unspecified atom stereocenters. The van der Waals surface area contributed by atoms with Gasteiger partial charge in [0.05, 0.1) is 38.2 Å². The Kier molecular flexibility index (Phi) is 6.01. The molecule has 4 aromatic rings. The van der Waals surface area contributed by atoms with Gasteiger partial charge in [0, 0.05) is 12.6 Å². The van der Waals surface area contributed by atoms with Crippen LogP contribution in [0, 0.1) is 0 Å². The van der Waals surface area contributed by atoms with Crippen molar-refractivity contribution in [2.24, 2.45) is 0 Å². The maximum atomic E-state index is 13.0. The number of hydrogen-bond donors (Lipinski definition) is 1. The molecule has 0 radical (unpaired) electrons. The molecule has 2 fully saturated rings. The summed E-state index contributed by atoms with van der Waals surface area (Å²) in [5.41, 5.74) is 3.44. The zero-order chi connectivity index (χ0) is 23.6. The maximum absolute atomic E-state index is 13.0. The Morgan fingerprint density at radius 3 is 2.80 bits per heavy atom. The van der Waals surface area contributed by atoms with Gasteiger partial charge >= 0.3 is 5.97 Å². The average Bonchev–Trinajstić information content (AvgIpc) is 3.57. The highest BCUT2D eigenvalue weighted by atomic mass is 16.7. The van der Waals surface area contributed by atoms with Crippen LogP contribution in [0.25, 0.3) is 21.9 Å². The lowest BCUT2D eigenvalue weighted by atomic mass is 9.95. The number of fused-ring (bicyclic) bond motifs is 2. The lowest BCUT2D eigenvalue weighted by Gasteiger charge is -2.26. The predicted octanol–water partition coefficient (Wildman–Crippen LogP) is 3.51. The van der Waals surface area contributed by atoms with Crippen LogP contribution >= 0.6 is 0 Å². The van der Waals surface area contributed by atoms with E-state index in [1.807, 2.05) is 24.3 Å². The van der Waals surface area contributed by atoms with Gasteiger partial charge in [-0.05, 0) is 48.1 Å². The van der Waals surface area contributed by atoms with Crippen LogP contribution in [-0.4, -0.2) is 69.9 Å². The van der Waals surface area contributed by atoms with E-state index in [4.69, 9.17) is 9.57 Å². The molecular weight excluding hydrogens is 444 g/mol. The number of ether oxygens (including phenoxy) is 1. The molecule has 9 nitrogen and oxygen atoms in total. The van der Waals surface area contributed by atoms with Crippen molar-refractivity contribution in [2.45, 2.75) is 31.7 Å². The first-order valence-electron chi connectivity index (χ1n) is 12.2. The van der Waals surface area contributed by atoms with Gasteiger partial charge in [-0.25, -0.2) is 19.7 Å². The fourth-order valence-electron chi connectivity index (χ4n) is 5.27. The normalized spacial score (nSPS) is 19.0. The molecule has 2 aromatic heterocycles. The van der Waals surface area contributed by atoms with E-state index in [-0.39, 0.29) is 5.97 Å². The summed E-state index contributed by atoms with van der Waals surface area (Å²) in [7, 11) is 0. The average molecular weight is 473 g/mol. The number of nitrogens with zero attached hydrogens (tertiary/aromatic N) is 5. The number of aromatic amines is 1. The smallest absolute Gasteiger partial charge is 0.357 e. The van der Waals surface area contributed by atoms with E-state index in [0.717, 1.165) is 54.3 Å². The number of benzene rings is 2. The summed E-state index contributed by atoms with van der Waals surface area (Å²) < 4.78 is 5.35. The Morgan fingerprint density at radius 1 is 1.06 bits per heavy atom. The molecule has 1 N–H and O–H groups in total. The van der Waals surface area contributed by atoms with Crippen molar-refractivity contribution in [3.63, 3.8) is 0 Å². The van der Waals surface area contributed by atoms with Crippen molar-refractivity contribution in [3.8, 4) is 0 Å². The summed E-state index contributed by atoms with van der Waals surface area (Å²) in [6.07, 6.45) is 7.44. The van der Waals surface area contributed by atoms with Crippen molar-refractivity contribution in [1.29, 1.82) is 0 Å². The minimum atomic E-state index is -0.316. The van der Waals surface area contributed by atoms with Crippen LogP contribution in [0.4, 0.5) is 5.82 Å². The Hall–Kier alpha value is -3.56. The number of rotatable bonds is 6. The number of morpholine rings is 1. The van der Waals surface area contributed by atoms with Gasteiger partial charge < -0.3 is 19.5 Å². The zero-order valence-electron chi connectivity index (χ0n) is 19.5. The molecule has 2 aromatic carbocycles. The molecule has 6 rings (SSSR count). The Morgan fingerprint density at radius 2 is 1.91 bits per heavy atom. The minimum Gasteiger partial charge on any atom is -0.379 e. The third-order valence-electron chi connectivity index (χ3n) is 7.02. The van der Waals surface area contributed by atoms with Gasteiger partial charge in [0.2, 0.25) is 0 Å². The van der Waals surface area contributed by atoms with Gasteiger partial charge in [0.25, 0.3) is 0 Å². The quantitative estimate of drug-likeness (QED) is 0.455. The monoisotopic (exact) mass is 472 g/mol. The van der Waals surface area contributed by atoms with Crippen LogP contribution in [0.15, 0.2) is 49.1 Å². The summed E-state index contributed by atoms with van der Waals surface area (Å²) in [4.78, 5) is 37.3. The Bertz CT molecular complexity index is 1350. The van der Waals surface area contributed by atoms with Crippen molar-refractivity contribution in [1.82, 2.24) is 25.0 Å². The van der Waals surface area contributed by atoms with Crippen molar-refractivity contribution in [3.05, 3.63) is 60.2 Å². The fraction of sp³-hybridized carbons (Fsp3) is 0.385.